The van der Waals surface area contributed by atoms with Gasteiger partial charge in [0.15, 0.2) is 0 Å². The highest BCUT2D eigenvalue weighted by Crippen LogP contribution is 2.29. The van der Waals surface area contributed by atoms with E-state index in [4.69, 9.17) is 11.6 Å². The maximum atomic E-state index is 12.2. The van der Waals surface area contributed by atoms with Crippen LogP contribution in [0.15, 0.2) is 36.4 Å². The van der Waals surface area contributed by atoms with Crippen LogP contribution in [-0.4, -0.2) is 16.5 Å². The Morgan fingerprint density at radius 2 is 1.95 bits per heavy atom. The summed E-state index contributed by atoms with van der Waals surface area (Å²) in [6.07, 6.45) is -4.76. The lowest BCUT2D eigenvalue weighted by atomic mass is 10.1. The Bertz CT molecular complexity index is 617. The number of hydrogen-bond donors (Lipinski definition) is 1. The van der Waals surface area contributed by atoms with Crippen molar-refractivity contribution in [1.82, 2.24) is 4.98 Å². The summed E-state index contributed by atoms with van der Waals surface area (Å²) in [5, 5.41) is 9.41. The molecule has 1 heterocycles. The third-order valence-corrected chi connectivity index (χ3v) is 2.67. The Morgan fingerprint density at radius 3 is 2.60 bits per heavy atom. The molecule has 0 saturated carbocycles. The molecule has 0 aliphatic carbocycles. The predicted molar refractivity (Wildman–Crippen MR) is 67.3 cm³/mol. The van der Waals surface area contributed by atoms with Gasteiger partial charge < -0.3 is 9.84 Å². The third-order valence-electron chi connectivity index (χ3n) is 2.46. The molecule has 0 saturated heterocycles. The number of pyridine rings is 1. The average molecular weight is 304 g/mol. The van der Waals surface area contributed by atoms with Crippen molar-refractivity contribution < 1.29 is 23.0 Å². The van der Waals surface area contributed by atoms with Crippen molar-refractivity contribution in [2.24, 2.45) is 0 Å². The second kappa shape index (κ2) is 5.68. The summed E-state index contributed by atoms with van der Waals surface area (Å²) in [5.41, 5.74) is 1.14. The molecule has 7 heteroatoms. The summed E-state index contributed by atoms with van der Waals surface area (Å²) in [6.45, 7) is -0.302. The van der Waals surface area contributed by atoms with Crippen LogP contribution in [0.1, 0.15) is 5.56 Å². The normalized spacial score (nSPS) is 11.4. The van der Waals surface area contributed by atoms with Crippen molar-refractivity contribution in [1.29, 1.82) is 0 Å². The molecule has 0 atom stereocenters. The van der Waals surface area contributed by atoms with Crippen LogP contribution in [0.2, 0.25) is 5.15 Å². The molecule has 2 aromatic rings. The van der Waals surface area contributed by atoms with Crippen molar-refractivity contribution in [3.63, 3.8) is 0 Å². The Labute approximate surface area is 117 Å². The molecule has 106 valence electrons. The van der Waals surface area contributed by atoms with Gasteiger partial charge in [0.25, 0.3) is 0 Å². The first-order valence-electron chi connectivity index (χ1n) is 5.51. The number of hydrogen-bond acceptors (Lipinski definition) is 3. The van der Waals surface area contributed by atoms with Gasteiger partial charge in [-0.1, -0.05) is 29.8 Å². The number of aromatic nitrogens is 1. The summed E-state index contributed by atoms with van der Waals surface area (Å²) < 4.78 is 40.4. The SMILES string of the molecule is OCc1ccc(Cl)nc1-c1cccc(OC(F)(F)F)c1. The molecular formula is C13H9ClF3NO2. The van der Waals surface area contributed by atoms with E-state index in [2.05, 4.69) is 9.72 Å². The first-order chi connectivity index (χ1) is 9.39. The maximum absolute atomic E-state index is 12.2. The van der Waals surface area contributed by atoms with Gasteiger partial charge in [0.05, 0.1) is 12.3 Å². The number of nitrogens with zero attached hydrogens (tertiary/aromatic N) is 1. The first kappa shape index (κ1) is 14.6. The maximum Gasteiger partial charge on any atom is 0.573 e. The zero-order valence-electron chi connectivity index (χ0n) is 9.99. The third kappa shape index (κ3) is 3.61. The van der Waals surface area contributed by atoms with E-state index in [0.29, 0.717) is 16.8 Å². The van der Waals surface area contributed by atoms with Crippen LogP contribution >= 0.6 is 11.6 Å². The summed E-state index contributed by atoms with van der Waals surface area (Å²) in [7, 11) is 0. The molecule has 0 radical (unpaired) electrons. The van der Waals surface area contributed by atoms with E-state index >= 15 is 0 Å². The fraction of sp³-hybridized carbons (Fsp3) is 0.154. The van der Waals surface area contributed by atoms with Crippen LogP contribution in [0.4, 0.5) is 13.2 Å². The Kier molecular flexibility index (Phi) is 4.15. The quantitative estimate of drug-likeness (QED) is 0.877. The number of ether oxygens (including phenoxy) is 1. The fourth-order valence-corrected chi connectivity index (χ4v) is 1.83. The van der Waals surface area contributed by atoms with E-state index in [9.17, 15) is 18.3 Å². The molecule has 0 aliphatic rings. The Balaban J connectivity index is 2.43. The highest BCUT2D eigenvalue weighted by atomic mass is 35.5. The van der Waals surface area contributed by atoms with Gasteiger partial charge in [-0.3, -0.25) is 0 Å². The molecule has 1 aromatic heterocycles. The standard InChI is InChI=1S/C13H9ClF3NO2/c14-11-5-4-9(7-19)12(18-11)8-2-1-3-10(6-8)20-13(15,16)17/h1-6,19H,7H2. The second-order valence-electron chi connectivity index (χ2n) is 3.88. The lowest BCUT2D eigenvalue weighted by molar-refractivity contribution is -0.274. The van der Waals surface area contributed by atoms with Crippen LogP contribution in [-0.2, 0) is 6.61 Å². The monoisotopic (exact) mass is 303 g/mol. The molecule has 0 spiro atoms. The fourth-order valence-electron chi connectivity index (χ4n) is 1.68. The van der Waals surface area contributed by atoms with E-state index in [1.54, 1.807) is 12.1 Å². The van der Waals surface area contributed by atoms with Crippen LogP contribution in [0.3, 0.4) is 0 Å². The van der Waals surface area contributed by atoms with Crippen molar-refractivity contribution in [3.8, 4) is 17.0 Å². The molecule has 0 aliphatic heterocycles. The van der Waals surface area contributed by atoms with E-state index in [1.807, 2.05) is 0 Å². The van der Waals surface area contributed by atoms with Crippen molar-refractivity contribution in [2.75, 3.05) is 0 Å². The number of aliphatic hydroxyl groups excluding tert-OH is 1. The Hall–Kier alpha value is -1.79. The molecule has 0 unspecified atom stereocenters. The van der Waals surface area contributed by atoms with Crippen molar-refractivity contribution in [3.05, 3.63) is 47.1 Å². The molecular weight excluding hydrogens is 295 g/mol. The zero-order valence-corrected chi connectivity index (χ0v) is 10.7. The molecule has 0 fully saturated rings. The summed E-state index contributed by atoms with van der Waals surface area (Å²) in [4.78, 5) is 4.02. The molecule has 0 bridgehead atoms. The first-order valence-corrected chi connectivity index (χ1v) is 5.89. The smallest absolute Gasteiger partial charge is 0.406 e. The van der Waals surface area contributed by atoms with Crippen LogP contribution in [0, 0.1) is 0 Å². The number of aliphatic hydroxyl groups is 1. The molecule has 0 amide bonds. The molecule has 1 aromatic carbocycles. The van der Waals surface area contributed by atoms with Gasteiger partial charge in [0.2, 0.25) is 0 Å². The minimum Gasteiger partial charge on any atom is -0.406 e. The van der Waals surface area contributed by atoms with Gasteiger partial charge in [-0.25, -0.2) is 4.98 Å². The summed E-state index contributed by atoms with van der Waals surface area (Å²) >= 11 is 5.77. The van der Waals surface area contributed by atoms with E-state index in [1.165, 1.54) is 24.3 Å². The average Bonchev–Trinajstić information content (AvgIpc) is 2.37. The zero-order chi connectivity index (χ0) is 14.8. The molecule has 3 nitrogen and oxygen atoms in total. The summed E-state index contributed by atoms with van der Waals surface area (Å²) in [6, 6.07) is 8.38. The van der Waals surface area contributed by atoms with Gasteiger partial charge in [-0.2, -0.15) is 0 Å². The van der Waals surface area contributed by atoms with Gasteiger partial charge in [-0.15, -0.1) is 13.2 Å². The minimum absolute atomic E-state index is 0.180. The minimum atomic E-state index is -4.76. The van der Waals surface area contributed by atoms with E-state index in [0.717, 1.165) is 0 Å². The molecule has 2 rings (SSSR count). The van der Waals surface area contributed by atoms with Crippen LogP contribution in [0.25, 0.3) is 11.3 Å². The van der Waals surface area contributed by atoms with Gasteiger partial charge >= 0.3 is 6.36 Å². The van der Waals surface area contributed by atoms with Crippen LogP contribution in [0.5, 0.6) is 5.75 Å². The van der Waals surface area contributed by atoms with E-state index in [-0.39, 0.29) is 17.5 Å². The summed E-state index contributed by atoms with van der Waals surface area (Å²) in [5.74, 6) is -0.360. The molecule has 20 heavy (non-hydrogen) atoms. The van der Waals surface area contributed by atoms with Gasteiger partial charge in [0, 0.05) is 11.1 Å². The highest BCUT2D eigenvalue weighted by Gasteiger charge is 2.31. The largest absolute Gasteiger partial charge is 0.573 e. The number of halogens is 4. The lowest BCUT2D eigenvalue weighted by Gasteiger charge is -2.11. The number of alkyl halides is 3. The Morgan fingerprint density at radius 1 is 1.20 bits per heavy atom. The number of benzene rings is 1. The van der Waals surface area contributed by atoms with E-state index < -0.39 is 6.36 Å². The molecule has 1 N–H and O–H groups in total. The number of rotatable bonds is 3. The predicted octanol–water partition coefficient (Wildman–Crippen LogP) is 3.79. The van der Waals surface area contributed by atoms with Crippen molar-refractivity contribution >= 4 is 11.6 Å². The highest BCUT2D eigenvalue weighted by molar-refractivity contribution is 6.29. The van der Waals surface area contributed by atoms with Gasteiger partial charge in [0.1, 0.15) is 10.9 Å². The van der Waals surface area contributed by atoms with Gasteiger partial charge in [-0.05, 0) is 18.2 Å². The van der Waals surface area contributed by atoms with Crippen LogP contribution < -0.4 is 4.74 Å². The topological polar surface area (TPSA) is 42.4 Å². The second-order valence-corrected chi connectivity index (χ2v) is 4.26. The van der Waals surface area contributed by atoms with Crippen molar-refractivity contribution in [2.45, 2.75) is 13.0 Å². The lowest BCUT2D eigenvalue weighted by Crippen LogP contribution is -2.17.